The van der Waals surface area contributed by atoms with Crippen molar-refractivity contribution >= 4 is 11.3 Å². The van der Waals surface area contributed by atoms with Gasteiger partial charge in [-0.1, -0.05) is 0 Å². The number of halogens is 13. The molecule has 28 heavy (non-hydrogen) atoms. The fourth-order valence-corrected chi connectivity index (χ4v) is 2.35. The van der Waals surface area contributed by atoms with Crippen molar-refractivity contribution < 1.29 is 61.8 Å². The molecule has 0 aliphatic carbocycles. The molecule has 1 nitrogen and oxygen atoms in total. The third-order valence-electron chi connectivity index (χ3n) is 3.40. The number of hydrogen-bond acceptors (Lipinski definition) is 2. The second-order valence-electron chi connectivity index (χ2n) is 5.41. The molecule has 0 atom stereocenters. The summed E-state index contributed by atoms with van der Waals surface area (Å²) in [6.45, 7) is -0.775. The van der Waals surface area contributed by atoms with E-state index in [4.69, 9.17) is 4.74 Å². The van der Waals surface area contributed by atoms with Gasteiger partial charge in [0.05, 0.1) is 6.61 Å². The van der Waals surface area contributed by atoms with Crippen molar-refractivity contribution in [3.05, 3.63) is 16.8 Å². The van der Waals surface area contributed by atoms with Gasteiger partial charge in [-0.15, -0.1) is 11.3 Å². The fraction of sp³-hybridized carbons (Fsp3) is 0.692. The zero-order valence-electron chi connectivity index (χ0n) is 13.1. The van der Waals surface area contributed by atoms with Crippen molar-refractivity contribution in [2.24, 2.45) is 0 Å². The van der Waals surface area contributed by atoms with E-state index in [-0.39, 0.29) is 5.75 Å². The van der Waals surface area contributed by atoms with Gasteiger partial charge < -0.3 is 4.74 Å². The topological polar surface area (TPSA) is 9.23 Å². The van der Waals surface area contributed by atoms with E-state index >= 15 is 0 Å². The van der Waals surface area contributed by atoms with Crippen LogP contribution in [0.2, 0.25) is 0 Å². The Labute approximate surface area is 152 Å². The lowest BCUT2D eigenvalue weighted by atomic mass is 9.92. The first-order valence-corrected chi connectivity index (χ1v) is 7.88. The zero-order chi connectivity index (χ0) is 22.2. The average Bonchev–Trinajstić information content (AvgIpc) is 3.03. The van der Waals surface area contributed by atoms with E-state index < -0.39 is 55.2 Å². The Balaban J connectivity index is 3.01. The molecule has 0 aliphatic rings. The van der Waals surface area contributed by atoms with Gasteiger partial charge in [-0.3, -0.25) is 0 Å². The maximum Gasteiger partial charge on any atom is 0.460 e. The van der Waals surface area contributed by atoms with E-state index in [2.05, 4.69) is 0 Å². The zero-order valence-corrected chi connectivity index (χ0v) is 13.9. The minimum absolute atomic E-state index is 0.0850. The van der Waals surface area contributed by atoms with Gasteiger partial charge in [-0.05, 0) is 17.9 Å². The summed E-state index contributed by atoms with van der Waals surface area (Å²) in [5, 5.41) is 2.79. The first-order chi connectivity index (χ1) is 12.3. The third-order valence-corrected chi connectivity index (χ3v) is 4.06. The molecule has 0 aliphatic heterocycles. The molecular weight excluding hydrogens is 451 g/mol. The molecule has 1 heterocycles. The van der Waals surface area contributed by atoms with Crippen LogP contribution in [0.4, 0.5) is 57.1 Å². The monoisotopic (exact) mass is 460 g/mol. The Morgan fingerprint density at radius 1 is 0.714 bits per heavy atom. The lowest BCUT2D eigenvalue weighted by Crippen LogP contribution is -2.70. The van der Waals surface area contributed by atoms with Crippen molar-refractivity contribution in [2.45, 2.75) is 48.6 Å². The number of hydrogen-bond donors (Lipinski definition) is 0. The van der Waals surface area contributed by atoms with E-state index in [1.165, 1.54) is 16.8 Å². The summed E-state index contributed by atoms with van der Waals surface area (Å²) in [5.74, 6) is -36.5. The van der Waals surface area contributed by atoms with Crippen LogP contribution in [-0.2, 0) is 0 Å². The van der Waals surface area contributed by atoms with Crippen LogP contribution in [0.3, 0.4) is 0 Å². The Morgan fingerprint density at radius 3 is 1.64 bits per heavy atom. The summed E-state index contributed by atoms with van der Waals surface area (Å²) in [6.07, 6.45) is -10.8. The molecule has 0 fully saturated rings. The van der Waals surface area contributed by atoms with Crippen LogP contribution in [0, 0.1) is 0 Å². The molecule has 0 unspecified atom stereocenters. The van der Waals surface area contributed by atoms with Gasteiger partial charge in [0, 0.05) is 11.8 Å². The quantitative estimate of drug-likeness (QED) is 0.296. The van der Waals surface area contributed by atoms with Gasteiger partial charge >= 0.3 is 35.8 Å². The van der Waals surface area contributed by atoms with Gasteiger partial charge in [-0.25, -0.2) is 0 Å². The Hall–Kier alpha value is -1.41. The SMILES string of the molecule is FC(F)(F)C(F)(F)C(F)(F)C(F)(F)C(F)(F)C(F)(F)CCCOc1ccsc1. The average molecular weight is 460 g/mol. The van der Waals surface area contributed by atoms with Crippen LogP contribution in [0.25, 0.3) is 0 Å². The predicted octanol–water partition coefficient (Wildman–Crippen LogP) is 6.65. The van der Waals surface area contributed by atoms with E-state index in [1.807, 2.05) is 0 Å². The minimum Gasteiger partial charge on any atom is -0.493 e. The van der Waals surface area contributed by atoms with Crippen molar-refractivity contribution in [2.75, 3.05) is 6.61 Å². The molecule has 0 amide bonds. The first kappa shape index (κ1) is 24.6. The molecule has 0 saturated heterocycles. The summed E-state index contributed by atoms with van der Waals surface area (Å²) in [7, 11) is 0. The van der Waals surface area contributed by atoms with Crippen LogP contribution in [-0.4, -0.2) is 42.4 Å². The normalized spacial score (nSPS) is 15.0. The molecular formula is C13H9F13OS. The second-order valence-corrected chi connectivity index (χ2v) is 6.19. The summed E-state index contributed by atoms with van der Waals surface area (Å²) < 4.78 is 172. The van der Waals surface area contributed by atoms with Crippen LogP contribution in [0.15, 0.2) is 16.8 Å². The smallest absolute Gasteiger partial charge is 0.460 e. The van der Waals surface area contributed by atoms with Gasteiger partial charge in [0.15, 0.2) is 0 Å². The fourth-order valence-electron chi connectivity index (χ4n) is 1.78. The number of alkyl halides is 13. The van der Waals surface area contributed by atoms with Gasteiger partial charge in [-0.2, -0.15) is 57.1 Å². The molecule has 0 N–H and O–H groups in total. The van der Waals surface area contributed by atoms with Gasteiger partial charge in [0.2, 0.25) is 0 Å². The third kappa shape index (κ3) is 3.99. The van der Waals surface area contributed by atoms with Crippen molar-refractivity contribution in [3.63, 3.8) is 0 Å². The highest BCUT2D eigenvalue weighted by molar-refractivity contribution is 7.08. The molecule has 0 saturated carbocycles. The molecule has 1 aromatic rings. The molecule has 15 heteroatoms. The molecule has 0 spiro atoms. The minimum atomic E-state index is -7.86. The molecule has 164 valence electrons. The molecule has 1 aromatic heterocycles. The maximum atomic E-state index is 13.4. The molecule has 0 aromatic carbocycles. The molecule has 0 bridgehead atoms. The van der Waals surface area contributed by atoms with Crippen LogP contribution >= 0.6 is 11.3 Å². The van der Waals surface area contributed by atoms with E-state index in [1.54, 1.807) is 0 Å². The first-order valence-electron chi connectivity index (χ1n) is 6.94. The number of rotatable bonds is 9. The maximum absolute atomic E-state index is 13.4. The Kier molecular flexibility index (Phi) is 6.55. The molecule has 1 rings (SSSR count). The highest BCUT2D eigenvalue weighted by Crippen LogP contribution is 2.60. The standard InChI is InChI=1S/C13H9F13OS/c14-8(15,3-1-4-27-7-2-5-28-6-7)9(16,17)10(18,19)11(20,21)12(22,23)13(24,25)26/h2,5-6H,1,3-4H2. The number of thiophene rings is 1. The number of ether oxygens (including phenoxy) is 1. The lowest BCUT2D eigenvalue weighted by Gasteiger charge is -2.39. The highest BCUT2D eigenvalue weighted by atomic mass is 32.1. The van der Waals surface area contributed by atoms with Crippen LogP contribution < -0.4 is 4.74 Å². The van der Waals surface area contributed by atoms with Crippen molar-refractivity contribution in [3.8, 4) is 5.75 Å². The lowest BCUT2D eigenvalue weighted by molar-refractivity contribution is -0.440. The van der Waals surface area contributed by atoms with Gasteiger partial charge in [0.1, 0.15) is 5.75 Å². The largest absolute Gasteiger partial charge is 0.493 e. The summed E-state index contributed by atoms with van der Waals surface area (Å²) >= 11 is 1.08. The van der Waals surface area contributed by atoms with E-state index in [9.17, 15) is 57.1 Å². The summed E-state index contributed by atoms with van der Waals surface area (Å²) in [6, 6.07) is 1.31. The second kappa shape index (κ2) is 7.44. The summed E-state index contributed by atoms with van der Waals surface area (Å²) in [5.41, 5.74) is 0. The van der Waals surface area contributed by atoms with E-state index in [0.29, 0.717) is 0 Å². The van der Waals surface area contributed by atoms with Crippen LogP contribution in [0.5, 0.6) is 5.75 Å². The summed E-state index contributed by atoms with van der Waals surface area (Å²) in [4.78, 5) is 0. The predicted molar refractivity (Wildman–Crippen MR) is 69.8 cm³/mol. The Bertz CT molecular complexity index is 635. The van der Waals surface area contributed by atoms with Gasteiger partial charge in [0.25, 0.3) is 0 Å². The van der Waals surface area contributed by atoms with Crippen LogP contribution in [0.1, 0.15) is 12.8 Å². The van der Waals surface area contributed by atoms with Crippen molar-refractivity contribution in [1.29, 1.82) is 0 Å². The van der Waals surface area contributed by atoms with E-state index in [0.717, 1.165) is 11.3 Å². The Morgan fingerprint density at radius 2 is 1.21 bits per heavy atom. The molecule has 0 radical (unpaired) electrons. The van der Waals surface area contributed by atoms with Crippen molar-refractivity contribution in [1.82, 2.24) is 0 Å². The highest BCUT2D eigenvalue weighted by Gasteiger charge is 2.90.